The number of amides is 1. The van der Waals surface area contributed by atoms with Crippen LogP contribution in [0.15, 0.2) is 53.4 Å². The normalized spacial score (nSPS) is 24.6. The van der Waals surface area contributed by atoms with Gasteiger partial charge in [0, 0.05) is 37.6 Å². The van der Waals surface area contributed by atoms with Gasteiger partial charge < -0.3 is 4.90 Å². The van der Waals surface area contributed by atoms with E-state index in [0.29, 0.717) is 32.0 Å². The molecule has 0 N–H and O–H groups in total. The molecule has 1 aliphatic carbocycles. The summed E-state index contributed by atoms with van der Waals surface area (Å²) in [7, 11) is -4.20. The Labute approximate surface area is 263 Å². The molecule has 0 aromatic heterocycles. The average Bonchev–Trinajstić information content (AvgIpc) is 3.58. The number of rotatable bonds is 6. The Kier molecular flexibility index (Phi) is 9.08. The molecule has 1 unspecified atom stereocenters. The third-order valence-electron chi connectivity index (χ3n) is 11.1. The number of sulfonamides is 1. The average molecular weight is 650 g/mol. The molecular weight excluding hydrogens is 606 g/mol. The highest BCUT2D eigenvalue weighted by molar-refractivity contribution is 7.89. The van der Waals surface area contributed by atoms with Crippen molar-refractivity contribution in [1.82, 2.24) is 14.1 Å². The second-order valence-corrected chi connectivity index (χ2v) is 15.5. The number of hydrogen-bond donors (Lipinski definition) is 0. The summed E-state index contributed by atoms with van der Waals surface area (Å²) < 4.78 is 82.5. The molecule has 3 aliphatic heterocycles. The van der Waals surface area contributed by atoms with Crippen LogP contribution in [0, 0.1) is 11.2 Å². The number of nitrogens with zero attached hydrogens (tertiary/aromatic N) is 3. The van der Waals surface area contributed by atoms with Gasteiger partial charge in [0.25, 0.3) is 0 Å². The van der Waals surface area contributed by atoms with Crippen LogP contribution in [0.2, 0.25) is 0 Å². The van der Waals surface area contributed by atoms with Crippen molar-refractivity contribution in [3.63, 3.8) is 0 Å². The Balaban J connectivity index is 1.09. The lowest BCUT2D eigenvalue weighted by Gasteiger charge is -2.53. The van der Waals surface area contributed by atoms with E-state index in [9.17, 15) is 30.8 Å². The third kappa shape index (κ3) is 6.54. The first-order chi connectivity index (χ1) is 21.4. The topological polar surface area (TPSA) is 60.9 Å². The summed E-state index contributed by atoms with van der Waals surface area (Å²) in [5.41, 5.74) is 0.0550. The van der Waals surface area contributed by atoms with Crippen LogP contribution in [0.5, 0.6) is 0 Å². The number of benzene rings is 2. The standard InChI is InChI=1S/C34H43F4N3O3S/c35-28-9-5-7-26(23-28)33(40-18-3-4-19-40)14-12-32(13-15-33)16-21-39(22-17-32)31(42)25-29-10-1-2-20-41(29)45(43,44)30-11-6-8-27(24-30)34(36,37)38/h5-9,11,23-24,29H,1-4,10,12-22,25H2. The van der Waals surface area contributed by atoms with Crippen molar-refractivity contribution in [3.8, 4) is 0 Å². The summed E-state index contributed by atoms with van der Waals surface area (Å²) >= 11 is 0. The van der Waals surface area contributed by atoms with Crippen molar-refractivity contribution in [3.05, 3.63) is 65.5 Å². The molecule has 4 aliphatic rings. The lowest BCUT2D eigenvalue weighted by atomic mass is 9.61. The van der Waals surface area contributed by atoms with Crippen molar-refractivity contribution in [2.75, 3.05) is 32.7 Å². The number of piperidine rings is 2. The summed E-state index contributed by atoms with van der Waals surface area (Å²) in [6.07, 6.45) is 5.32. The number of alkyl halides is 3. The van der Waals surface area contributed by atoms with Gasteiger partial charge in [0.15, 0.2) is 0 Å². The molecule has 1 atom stereocenters. The molecule has 3 saturated heterocycles. The SMILES string of the molecule is O=C(CC1CCCCN1S(=O)(=O)c1cccc(C(F)(F)F)c1)N1CCC2(CC1)CCC(c1cccc(F)c1)(N1CCCC1)CC2. The Morgan fingerprint density at radius 1 is 0.822 bits per heavy atom. The van der Waals surface area contributed by atoms with Gasteiger partial charge in [-0.3, -0.25) is 9.69 Å². The van der Waals surface area contributed by atoms with Crippen LogP contribution in [-0.2, 0) is 26.5 Å². The van der Waals surface area contributed by atoms with Crippen molar-refractivity contribution >= 4 is 15.9 Å². The Bertz CT molecular complexity index is 1470. The van der Waals surface area contributed by atoms with Gasteiger partial charge in [-0.15, -0.1) is 0 Å². The van der Waals surface area contributed by atoms with Gasteiger partial charge in [0.1, 0.15) is 5.82 Å². The molecule has 6 rings (SSSR count). The predicted molar refractivity (Wildman–Crippen MR) is 163 cm³/mol. The molecule has 246 valence electrons. The van der Waals surface area contributed by atoms with Crippen LogP contribution in [-0.4, -0.2) is 67.2 Å². The Morgan fingerprint density at radius 2 is 1.49 bits per heavy atom. The van der Waals surface area contributed by atoms with Gasteiger partial charge in [-0.25, -0.2) is 12.8 Å². The molecule has 45 heavy (non-hydrogen) atoms. The molecule has 2 aromatic rings. The van der Waals surface area contributed by atoms with Gasteiger partial charge in [-0.1, -0.05) is 24.6 Å². The van der Waals surface area contributed by atoms with Crippen molar-refractivity contribution < 1.29 is 30.8 Å². The molecule has 1 amide bonds. The number of hydrogen-bond acceptors (Lipinski definition) is 4. The maximum atomic E-state index is 14.3. The van der Waals surface area contributed by atoms with E-state index in [4.69, 9.17) is 0 Å². The Hall–Kier alpha value is -2.50. The summed E-state index contributed by atoms with van der Waals surface area (Å²) in [6.45, 7) is 3.48. The minimum absolute atomic E-state index is 0.0306. The van der Waals surface area contributed by atoms with Crippen molar-refractivity contribution in [2.45, 2.75) is 99.7 Å². The smallest absolute Gasteiger partial charge is 0.343 e. The fraction of sp³-hybridized carbons (Fsp3) is 0.618. The zero-order chi connectivity index (χ0) is 31.9. The molecule has 3 heterocycles. The van der Waals surface area contributed by atoms with Gasteiger partial charge in [-0.2, -0.15) is 17.5 Å². The summed E-state index contributed by atoms with van der Waals surface area (Å²) in [4.78, 5) is 17.6. The van der Waals surface area contributed by atoms with E-state index in [1.54, 1.807) is 6.07 Å². The molecule has 11 heteroatoms. The third-order valence-corrected chi connectivity index (χ3v) is 13.1. The zero-order valence-corrected chi connectivity index (χ0v) is 26.5. The zero-order valence-electron chi connectivity index (χ0n) is 25.7. The number of carbonyl (C=O) groups is 1. The summed E-state index contributed by atoms with van der Waals surface area (Å²) in [5, 5.41) is 0. The van der Waals surface area contributed by atoms with Crippen LogP contribution in [0.25, 0.3) is 0 Å². The van der Waals surface area contributed by atoms with Crippen LogP contribution < -0.4 is 0 Å². The molecule has 6 nitrogen and oxygen atoms in total. The lowest BCUT2D eigenvalue weighted by Crippen LogP contribution is -2.52. The van der Waals surface area contributed by atoms with Gasteiger partial charge in [-0.05, 0) is 119 Å². The van der Waals surface area contributed by atoms with Crippen LogP contribution in [0.3, 0.4) is 0 Å². The summed E-state index contributed by atoms with van der Waals surface area (Å²) in [6, 6.07) is 10.4. The molecule has 0 bridgehead atoms. The second kappa shape index (κ2) is 12.6. The van der Waals surface area contributed by atoms with Gasteiger partial charge in [0.05, 0.1) is 10.5 Å². The number of likely N-dealkylation sites (tertiary alicyclic amines) is 2. The minimum atomic E-state index is -4.65. The van der Waals surface area contributed by atoms with Crippen molar-refractivity contribution in [1.29, 1.82) is 0 Å². The highest BCUT2D eigenvalue weighted by atomic mass is 32.2. The number of halogens is 4. The van der Waals surface area contributed by atoms with Crippen molar-refractivity contribution in [2.24, 2.45) is 5.41 Å². The molecule has 1 saturated carbocycles. The maximum Gasteiger partial charge on any atom is 0.416 e. The lowest BCUT2D eigenvalue weighted by molar-refractivity contribution is -0.138. The molecule has 1 spiro atoms. The Morgan fingerprint density at radius 3 is 2.16 bits per heavy atom. The second-order valence-electron chi connectivity index (χ2n) is 13.6. The van der Waals surface area contributed by atoms with E-state index < -0.39 is 32.7 Å². The first kappa shape index (κ1) is 32.4. The van der Waals surface area contributed by atoms with Gasteiger partial charge >= 0.3 is 6.18 Å². The highest BCUT2D eigenvalue weighted by Crippen LogP contribution is 2.53. The van der Waals surface area contributed by atoms with E-state index >= 15 is 0 Å². The molecule has 0 radical (unpaired) electrons. The minimum Gasteiger partial charge on any atom is -0.343 e. The number of carbonyl (C=O) groups excluding carboxylic acids is 1. The molecule has 2 aromatic carbocycles. The monoisotopic (exact) mass is 649 g/mol. The van der Waals surface area contributed by atoms with Crippen LogP contribution in [0.4, 0.5) is 17.6 Å². The fourth-order valence-electron chi connectivity index (χ4n) is 8.43. The van der Waals surface area contributed by atoms with Crippen LogP contribution >= 0.6 is 0 Å². The molecular formula is C34H43F4N3O3S. The van der Waals surface area contributed by atoms with E-state index in [2.05, 4.69) is 11.0 Å². The first-order valence-electron chi connectivity index (χ1n) is 16.4. The van der Waals surface area contributed by atoms with E-state index in [0.717, 1.165) is 75.7 Å². The first-order valence-corrected chi connectivity index (χ1v) is 17.8. The van der Waals surface area contributed by atoms with E-state index in [1.807, 2.05) is 11.0 Å². The molecule has 4 fully saturated rings. The summed E-state index contributed by atoms with van der Waals surface area (Å²) in [5.74, 6) is -0.291. The largest absolute Gasteiger partial charge is 0.416 e. The van der Waals surface area contributed by atoms with Gasteiger partial charge in [0.2, 0.25) is 15.9 Å². The quantitative estimate of drug-likeness (QED) is 0.318. The predicted octanol–water partition coefficient (Wildman–Crippen LogP) is 6.95. The van der Waals surface area contributed by atoms with E-state index in [-0.39, 0.29) is 35.6 Å². The maximum absolute atomic E-state index is 14.3. The highest BCUT2D eigenvalue weighted by Gasteiger charge is 2.49. The fourth-order valence-corrected chi connectivity index (χ4v) is 10.2. The van der Waals surface area contributed by atoms with E-state index in [1.165, 1.54) is 29.3 Å². The van der Waals surface area contributed by atoms with Crippen LogP contribution in [0.1, 0.15) is 88.2 Å².